The number of imidazole rings is 1. The number of urea groups is 1. The number of para-hydroxylation sites is 1. The Balaban J connectivity index is 1.36. The predicted octanol–water partition coefficient (Wildman–Crippen LogP) is 3.58. The SMILES string of the molecule is O=C(Nc1ccc(Cn2ccnc2)cc1)N[C@H]1CCOc2ccccc21. The fraction of sp³-hybridized carbons (Fsp3) is 0.200. The maximum Gasteiger partial charge on any atom is 0.319 e. The lowest BCUT2D eigenvalue weighted by Crippen LogP contribution is -2.35. The smallest absolute Gasteiger partial charge is 0.319 e. The summed E-state index contributed by atoms with van der Waals surface area (Å²) in [5.41, 5.74) is 2.93. The van der Waals surface area contributed by atoms with Crippen LogP contribution in [0.25, 0.3) is 0 Å². The zero-order valence-corrected chi connectivity index (χ0v) is 14.3. The van der Waals surface area contributed by atoms with Crippen molar-refractivity contribution < 1.29 is 9.53 Å². The van der Waals surface area contributed by atoms with Crippen LogP contribution in [0.3, 0.4) is 0 Å². The molecule has 2 aromatic carbocycles. The van der Waals surface area contributed by atoms with Crippen molar-refractivity contribution in [2.24, 2.45) is 0 Å². The van der Waals surface area contributed by atoms with E-state index in [1.54, 1.807) is 12.5 Å². The molecule has 132 valence electrons. The molecular weight excluding hydrogens is 328 g/mol. The van der Waals surface area contributed by atoms with E-state index in [1.807, 2.05) is 59.3 Å². The second-order valence-electron chi connectivity index (χ2n) is 6.26. The minimum atomic E-state index is -0.214. The molecule has 0 bridgehead atoms. The molecule has 1 aliphatic rings. The van der Waals surface area contributed by atoms with E-state index in [2.05, 4.69) is 15.6 Å². The van der Waals surface area contributed by atoms with Gasteiger partial charge in [-0.3, -0.25) is 0 Å². The average molecular weight is 348 g/mol. The van der Waals surface area contributed by atoms with Crippen molar-refractivity contribution in [3.63, 3.8) is 0 Å². The summed E-state index contributed by atoms with van der Waals surface area (Å²) >= 11 is 0. The van der Waals surface area contributed by atoms with Gasteiger partial charge in [0.1, 0.15) is 5.75 Å². The molecule has 6 nitrogen and oxygen atoms in total. The zero-order chi connectivity index (χ0) is 17.8. The minimum Gasteiger partial charge on any atom is -0.493 e. The number of rotatable bonds is 4. The Labute approximate surface area is 151 Å². The van der Waals surface area contributed by atoms with Crippen LogP contribution < -0.4 is 15.4 Å². The van der Waals surface area contributed by atoms with Crippen molar-refractivity contribution in [1.82, 2.24) is 14.9 Å². The topological polar surface area (TPSA) is 68.2 Å². The molecule has 0 unspecified atom stereocenters. The first-order valence-electron chi connectivity index (χ1n) is 8.62. The number of nitrogens with zero attached hydrogens (tertiary/aromatic N) is 2. The summed E-state index contributed by atoms with van der Waals surface area (Å²) in [5.74, 6) is 0.841. The van der Waals surface area contributed by atoms with Crippen molar-refractivity contribution in [2.45, 2.75) is 19.0 Å². The molecule has 1 atom stereocenters. The Morgan fingerprint density at radius 1 is 1.19 bits per heavy atom. The second-order valence-corrected chi connectivity index (χ2v) is 6.26. The maximum atomic E-state index is 12.4. The molecule has 0 saturated heterocycles. The largest absolute Gasteiger partial charge is 0.493 e. The highest BCUT2D eigenvalue weighted by Gasteiger charge is 2.22. The fourth-order valence-corrected chi connectivity index (χ4v) is 3.10. The third kappa shape index (κ3) is 3.69. The highest BCUT2D eigenvalue weighted by atomic mass is 16.5. The molecule has 1 aliphatic heterocycles. The quantitative estimate of drug-likeness (QED) is 0.757. The molecule has 2 heterocycles. The van der Waals surface area contributed by atoms with Crippen LogP contribution in [0, 0.1) is 0 Å². The molecule has 0 fully saturated rings. The Morgan fingerprint density at radius 2 is 2.04 bits per heavy atom. The number of carbonyl (C=O) groups excluding carboxylic acids is 1. The summed E-state index contributed by atoms with van der Waals surface area (Å²) in [6.45, 7) is 1.36. The van der Waals surface area contributed by atoms with Gasteiger partial charge in [-0.1, -0.05) is 30.3 Å². The summed E-state index contributed by atoms with van der Waals surface area (Å²) in [4.78, 5) is 16.4. The van der Waals surface area contributed by atoms with Crippen molar-refractivity contribution in [3.05, 3.63) is 78.4 Å². The van der Waals surface area contributed by atoms with Gasteiger partial charge in [0.25, 0.3) is 0 Å². The molecule has 4 rings (SSSR count). The molecule has 2 N–H and O–H groups in total. The van der Waals surface area contributed by atoms with E-state index in [0.29, 0.717) is 6.61 Å². The normalized spacial score (nSPS) is 15.6. The monoisotopic (exact) mass is 348 g/mol. The lowest BCUT2D eigenvalue weighted by atomic mass is 10.0. The summed E-state index contributed by atoms with van der Waals surface area (Å²) in [7, 11) is 0. The number of fused-ring (bicyclic) bond motifs is 1. The summed E-state index contributed by atoms with van der Waals surface area (Å²) in [6.07, 6.45) is 6.22. The first-order valence-corrected chi connectivity index (χ1v) is 8.62. The number of benzene rings is 2. The van der Waals surface area contributed by atoms with Crippen LogP contribution in [0.15, 0.2) is 67.3 Å². The first-order chi connectivity index (χ1) is 12.8. The lowest BCUT2D eigenvalue weighted by Gasteiger charge is -2.26. The number of nitrogens with one attached hydrogen (secondary N) is 2. The minimum absolute atomic E-state index is 0.0412. The standard InChI is InChI=1S/C20H20N4O2/c25-20(23-18-9-12-26-19-4-2-1-3-17(18)19)22-16-7-5-15(6-8-16)13-24-11-10-21-14-24/h1-8,10-11,14,18H,9,12-13H2,(H2,22,23,25)/t18-/m0/s1. The van der Waals surface area contributed by atoms with Gasteiger partial charge in [0, 0.05) is 36.6 Å². The molecule has 0 spiro atoms. The molecule has 0 saturated carbocycles. The van der Waals surface area contributed by atoms with Gasteiger partial charge < -0.3 is 19.9 Å². The molecule has 1 aromatic heterocycles. The molecule has 0 aliphatic carbocycles. The van der Waals surface area contributed by atoms with E-state index in [0.717, 1.165) is 35.5 Å². The van der Waals surface area contributed by atoms with Crippen molar-refractivity contribution in [2.75, 3.05) is 11.9 Å². The van der Waals surface area contributed by atoms with Crippen LogP contribution in [0.1, 0.15) is 23.6 Å². The Hall–Kier alpha value is -3.28. The Bertz CT molecular complexity index is 875. The van der Waals surface area contributed by atoms with Crippen LogP contribution in [0.5, 0.6) is 5.75 Å². The van der Waals surface area contributed by atoms with E-state index in [4.69, 9.17) is 4.74 Å². The number of amides is 2. The molecule has 2 amide bonds. The van der Waals surface area contributed by atoms with Crippen LogP contribution in [0.4, 0.5) is 10.5 Å². The summed E-state index contributed by atoms with van der Waals surface area (Å²) in [6, 6.07) is 15.4. The first kappa shape index (κ1) is 16.2. The Kier molecular flexibility index (Phi) is 4.55. The third-order valence-electron chi connectivity index (χ3n) is 4.40. The molecule has 3 aromatic rings. The van der Waals surface area contributed by atoms with E-state index in [-0.39, 0.29) is 12.1 Å². The van der Waals surface area contributed by atoms with Crippen LogP contribution >= 0.6 is 0 Å². The van der Waals surface area contributed by atoms with Gasteiger partial charge in [-0.15, -0.1) is 0 Å². The van der Waals surface area contributed by atoms with E-state index in [1.165, 1.54) is 0 Å². The molecule has 26 heavy (non-hydrogen) atoms. The zero-order valence-electron chi connectivity index (χ0n) is 14.3. The van der Waals surface area contributed by atoms with Gasteiger partial charge >= 0.3 is 6.03 Å². The maximum absolute atomic E-state index is 12.4. The van der Waals surface area contributed by atoms with Crippen LogP contribution in [0.2, 0.25) is 0 Å². The van der Waals surface area contributed by atoms with Gasteiger partial charge in [0.15, 0.2) is 0 Å². The van der Waals surface area contributed by atoms with E-state index in [9.17, 15) is 4.79 Å². The van der Waals surface area contributed by atoms with Crippen molar-refractivity contribution in [1.29, 1.82) is 0 Å². The van der Waals surface area contributed by atoms with Crippen LogP contribution in [-0.4, -0.2) is 22.2 Å². The number of hydrogen-bond acceptors (Lipinski definition) is 3. The van der Waals surface area contributed by atoms with Crippen LogP contribution in [-0.2, 0) is 6.54 Å². The van der Waals surface area contributed by atoms with Crippen molar-refractivity contribution >= 4 is 11.7 Å². The fourth-order valence-electron chi connectivity index (χ4n) is 3.10. The summed E-state index contributed by atoms with van der Waals surface area (Å²) < 4.78 is 7.63. The van der Waals surface area contributed by atoms with Gasteiger partial charge in [-0.05, 0) is 23.8 Å². The van der Waals surface area contributed by atoms with Gasteiger partial charge in [-0.2, -0.15) is 0 Å². The highest BCUT2D eigenvalue weighted by molar-refractivity contribution is 5.89. The van der Waals surface area contributed by atoms with E-state index >= 15 is 0 Å². The lowest BCUT2D eigenvalue weighted by molar-refractivity contribution is 0.232. The van der Waals surface area contributed by atoms with Gasteiger partial charge in [-0.25, -0.2) is 9.78 Å². The van der Waals surface area contributed by atoms with Gasteiger partial charge in [0.2, 0.25) is 0 Å². The summed E-state index contributed by atoms with van der Waals surface area (Å²) in [5, 5.41) is 5.93. The molecule has 0 radical (unpaired) electrons. The number of anilines is 1. The van der Waals surface area contributed by atoms with Gasteiger partial charge in [0.05, 0.1) is 19.0 Å². The number of aromatic nitrogens is 2. The molecule has 6 heteroatoms. The highest BCUT2D eigenvalue weighted by Crippen LogP contribution is 2.31. The number of carbonyl (C=O) groups is 1. The Morgan fingerprint density at radius 3 is 2.85 bits per heavy atom. The third-order valence-corrected chi connectivity index (χ3v) is 4.40. The van der Waals surface area contributed by atoms with E-state index < -0.39 is 0 Å². The average Bonchev–Trinajstić information content (AvgIpc) is 3.17. The predicted molar refractivity (Wildman–Crippen MR) is 99.2 cm³/mol. The number of ether oxygens (including phenoxy) is 1. The number of hydrogen-bond donors (Lipinski definition) is 2. The second kappa shape index (κ2) is 7.31. The van der Waals surface area contributed by atoms with Crippen molar-refractivity contribution in [3.8, 4) is 5.75 Å². The molecular formula is C20H20N4O2.